The minimum Gasteiger partial charge on any atom is -0.310 e. The smallest absolute Gasteiger partial charge is 0.0540 e. The van der Waals surface area contributed by atoms with Crippen LogP contribution >= 0.6 is 15.9 Å². The molecule has 0 aliphatic carbocycles. The molecular formula is C14H19BrN4. The highest BCUT2D eigenvalue weighted by molar-refractivity contribution is 9.10. The van der Waals surface area contributed by atoms with Gasteiger partial charge in [-0.15, -0.1) is 0 Å². The van der Waals surface area contributed by atoms with Crippen molar-refractivity contribution in [2.75, 3.05) is 6.54 Å². The number of halogens is 1. The van der Waals surface area contributed by atoms with Crippen LogP contribution in [-0.2, 0) is 13.5 Å². The summed E-state index contributed by atoms with van der Waals surface area (Å²) in [5.74, 6) is 0. The van der Waals surface area contributed by atoms with E-state index >= 15 is 0 Å². The molecule has 2 aromatic heterocycles. The van der Waals surface area contributed by atoms with Gasteiger partial charge in [0.25, 0.3) is 0 Å². The first-order chi connectivity index (χ1) is 9.11. The average molecular weight is 323 g/mol. The Bertz CT molecular complexity index is 533. The summed E-state index contributed by atoms with van der Waals surface area (Å²) < 4.78 is 2.92. The first-order valence-electron chi connectivity index (χ1n) is 6.44. The minimum absolute atomic E-state index is 0.257. The molecule has 0 aliphatic rings. The van der Waals surface area contributed by atoms with Gasteiger partial charge in [0.2, 0.25) is 0 Å². The van der Waals surface area contributed by atoms with Crippen molar-refractivity contribution in [1.29, 1.82) is 0 Å². The molecule has 4 nitrogen and oxygen atoms in total. The highest BCUT2D eigenvalue weighted by Gasteiger charge is 2.16. The van der Waals surface area contributed by atoms with Crippen LogP contribution in [0.5, 0.6) is 0 Å². The zero-order valence-corrected chi connectivity index (χ0v) is 13.1. The number of aromatic nitrogens is 3. The Kier molecular flexibility index (Phi) is 4.71. The van der Waals surface area contributed by atoms with Crippen LogP contribution in [0.15, 0.2) is 29.0 Å². The van der Waals surface area contributed by atoms with Crippen LogP contribution in [-0.4, -0.2) is 21.3 Å². The van der Waals surface area contributed by atoms with Crippen molar-refractivity contribution in [3.05, 3.63) is 46.0 Å². The Hall–Kier alpha value is -1.20. The van der Waals surface area contributed by atoms with Gasteiger partial charge in [0.15, 0.2) is 0 Å². The van der Waals surface area contributed by atoms with E-state index in [1.165, 1.54) is 11.3 Å². The number of aryl methyl sites for hydroxylation is 1. The molecule has 0 spiro atoms. The van der Waals surface area contributed by atoms with Gasteiger partial charge in [-0.1, -0.05) is 6.92 Å². The summed E-state index contributed by atoms with van der Waals surface area (Å²) >= 11 is 3.41. The van der Waals surface area contributed by atoms with Gasteiger partial charge < -0.3 is 5.32 Å². The lowest BCUT2D eigenvalue weighted by atomic mass is 10.0. The van der Waals surface area contributed by atoms with Crippen molar-refractivity contribution in [3.8, 4) is 0 Å². The molecule has 2 aromatic rings. The van der Waals surface area contributed by atoms with Gasteiger partial charge >= 0.3 is 0 Å². The fourth-order valence-electron chi connectivity index (χ4n) is 2.13. The standard InChI is InChI=1S/C14H19BrN4/c1-4-16-14(13-9-18-19(3)10(13)2)7-12-6-5-11(15)8-17-12/h5-6,8-9,14,16H,4,7H2,1-3H3. The predicted octanol–water partition coefficient (Wildman–Crippen LogP) is 2.78. The largest absolute Gasteiger partial charge is 0.310 e. The Labute approximate surface area is 122 Å². The minimum atomic E-state index is 0.257. The number of nitrogens with zero attached hydrogens (tertiary/aromatic N) is 3. The number of hydrogen-bond acceptors (Lipinski definition) is 3. The molecule has 0 saturated carbocycles. The summed E-state index contributed by atoms with van der Waals surface area (Å²) in [6, 6.07) is 4.34. The summed E-state index contributed by atoms with van der Waals surface area (Å²) in [4.78, 5) is 4.45. The maximum absolute atomic E-state index is 4.45. The maximum atomic E-state index is 4.45. The molecule has 5 heteroatoms. The molecule has 0 radical (unpaired) electrons. The zero-order valence-electron chi connectivity index (χ0n) is 11.5. The summed E-state index contributed by atoms with van der Waals surface area (Å²) in [6.07, 6.45) is 4.66. The molecule has 102 valence electrons. The molecule has 2 heterocycles. The first kappa shape index (κ1) is 14.2. The van der Waals surface area contributed by atoms with Crippen molar-refractivity contribution < 1.29 is 0 Å². The van der Waals surface area contributed by atoms with Gasteiger partial charge in [0.05, 0.1) is 6.20 Å². The van der Waals surface area contributed by atoms with E-state index in [0.29, 0.717) is 0 Å². The molecule has 1 unspecified atom stereocenters. The van der Waals surface area contributed by atoms with E-state index in [1.807, 2.05) is 30.2 Å². The molecule has 0 saturated heterocycles. The molecule has 2 rings (SSSR count). The van der Waals surface area contributed by atoms with E-state index in [0.717, 1.165) is 23.1 Å². The van der Waals surface area contributed by atoms with Crippen molar-refractivity contribution in [3.63, 3.8) is 0 Å². The number of likely N-dealkylation sites (N-methyl/N-ethyl adjacent to an activating group) is 1. The number of hydrogen-bond donors (Lipinski definition) is 1. The van der Waals surface area contributed by atoms with Crippen LogP contribution in [0, 0.1) is 6.92 Å². The maximum Gasteiger partial charge on any atom is 0.0540 e. The third kappa shape index (κ3) is 3.42. The molecule has 0 amide bonds. The van der Waals surface area contributed by atoms with E-state index in [9.17, 15) is 0 Å². The Morgan fingerprint density at radius 2 is 2.16 bits per heavy atom. The number of rotatable bonds is 5. The first-order valence-corrected chi connectivity index (χ1v) is 7.23. The molecular weight excluding hydrogens is 304 g/mol. The lowest BCUT2D eigenvalue weighted by Crippen LogP contribution is -2.23. The van der Waals surface area contributed by atoms with Gasteiger partial charge in [0.1, 0.15) is 0 Å². The fraction of sp³-hybridized carbons (Fsp3) is 0.429. The van der Waals surface area contributed by atoms with Crippen LogP contribution in [0.4, 0.5) is 0 Å². The lowest BCUT2D eigenvalue weighted by molar-refractivity contribution is 0.540. The van der Waals surface area contributed by atoms with Crippen molar-refractivity contribution in [1.82, 2.24) is 20.1 Å². The third-order valence-electron chi connectivity index (χ3n) is 3.30. The summed E-state index contributed by atoms with van der Waals surface area (Å²) in [5, 5.41) is 7.83. The van der Waals surface area contributed by atoms with E-state index in [1.54, 1.807) is 0 Å². The van der Waals surface area contributed by atoms with Gasteiger partial charge in [0, 0.05) is 47.1 Å². The van der Waals surface area contributed by atoms with Crippen LogP contribution < -0.4 is 5.32 Å². The molecule has 0 aromatic carbocycles. The van der Waals surface area contributed by atoms with Gasteiger partial charge in [-0.05, 0) is 41.5 Å². The second-order valence-corrected chi connectivity index (χ2v) is 5.51. The molecule has 0 aliphatic heterocycles. The quantitative estimate of drug-likeness (QED) is 0.920. The van der Waals surface area contributed by atoms with E-state index in [2.05, 4.69) is 51.2 Å². The zero-order chi connectivity index (χ0) is 13.8. The van der Waals surface area contributed by atoms with Gasteiger partial charge in [-0.2, -0.15) is 5.10 Å². The normalized spacial score (nSPS) is 12.6. The summed E-state index contributed by atoms with van der Waals surface area (Å²) in [5.41, 5.74) is 3.52. The van der Waals surface area contributed by atoms with Crippen LogP contribution in [0.2, 0.25) is 0 Å². The Morgan fingerprint density at radius 1 is 1.37 bits per heavy atom. The van der Waals surface area contributed by atoms with E-state index in [4.69, 9.17) is 0 Å². The monoisotopic (exact) mass is 322 g/mol. The van der Waals surface area contributed by atoms with Crippen LogP contribution in [0.3, 0.4) is 0 Å². The highest BCUT2D eigenvalue weighted by atomic mass is 79.9. The summed E-state index contributed by atoms with van der Waals surface area (Å²) in [7, 11) is 1.97. The number of pyridine rings is 1. The van der Waals surface area contributed by atoms with Crippen molar-refractivity contribution in [2.45, 2.75) is 26.3 Å². The van der Waals surface area contributed by atoms with E-state index in [-0.39, 0.29) is 6.04 Å². The Balaban J connectivity index is 2.21. The third-order valence-corrected chi connectivity index (χ3v) is 3.77. The summed E-state index contributed by atoms with van der Waals surface area (Å²) in [6.45, 7) is 5.14. The number of nitrogens with one attached hydrogen (secondary N) is 1. The second kappa shape index (κ2) is 6.30. The van der Waals surface area contributed by atoms with Crippen LogP contribution in [0.1, 0.15) is 29.9 Å². The predicted molar refractivity (Wildman–Crippen MR) is 80.0 cm³/mol. The van der Waals surface area contributed by atoms with Crippen LogP contribution in [0.25, 0.3) is 0 Å². The molecule has 0 fully saturated rings. The van der Waals surface area contributed by atoms with Crippen molar-refractivity contribution >= 4 is 15.9 Å². The lowest BCUT2D eigenvalue weighted by Gasteiger charge is -2.17. The molecule has 19 heavy (non-hydrogen) atoms. The molecule has 1 N–H and O–H groups in total. The molecule has 1 atom stereocenters. The van der Waals surface area contributed by atoms with E-state index < -0.39 is 0 Å². The van der Waals surface area contributed by atoms with Crippen molar-refractivity contribution in [2.24, 2.45) is 7.05 Å². The SMILES string of the molecule is CCNC(Cc1ccc(Br)cn1)c1cnn(C)c1C. The Morgan fingerprint density at radius 3 is 2.68 bits per heavy atom. The van der Waals surface area contributed by atoms with Gasteiger partial charge in [-0.25, -0.2) is 0 Å². The topological polar surface area (TPSA) is 42.7 Å². The molecule has 0 bridgehead atoms. The second-order valence-electron chi connectivity index (χ2n) is 4.59. The highest BCUT2D eigenvalue weighted by Crippen LogP contribution is 2.21. The fourth-order valence-corrected chi connectivity index (χ4v) is 2.37. The van der Waals surface area contributed by atoms with Gasteiger partial charge in [-0.3, -0.25) is 9.67 Å². The average Bonchev–Trinajstić information content (AvgIpc) is 2.72.